The molecule has 0 aromatic carbocycles. The minimum Gasteiger partial charge on any atom is -0.481 e. The Morgan fingerprint density at radius 3 is 2.84 bits per heavy atom. The molecule has 0 saturated carbocycles. The fourth-order valence-electron chi connectivity index (χ4n) is 2.07. The molecule has 0 bridgehead atoms. The third-order valence-corrected chi connectivity index (χ3v) is 4.58. The molecule has 2 unspecified atom stereocenters. The molecule has 2 N–H and O–H groups in total. The molecule has 1 saturated heterocycles. The molecule has 1 heterocycles. The van der Waals surface area contributed by atoms with Crippen LogP contribution >= 0.6 is 11.8 Å². The van der Waals surface area contributed by atoms with E-state index in [4.69, 9.17) is 5.11 Å². The predicted octanol–water partition coefficient (Wildman–Crippen LogP) is 2.02. The summed E-state index contributed by atoms with van der Waals surface area (Å²) in [6, 6.07) is 0.307. The number of aliphatic carboxylic acids is 1. The van der Waals surface area contributed by atoms with Crippen LogP contribution < -0.4 is 5.32 Å². The van der Waals surface area contributed by atoms with Gasteiger partial charge in [0.25, 0.3) is 0 Å². The van der Waals surface area contributed by atoms with E-state index in [9.17, 15) is 9.59 Å². The summed E-state index contributed by atoms with van der Waals surface area (Å²) < 4.78 is 0. The summed E-state index contributed by atoms with van der Waals surface area (Å²) in [7, 11) is 0. The molecular formula is C13H24N2O3S. The fraction of sp³-hybridized carbons (Fsp3) is 0.846. The smallest absolute Gasteiger partial charge is 0.317 e. The van der Waals surface area contributed by atoms with Gasteiger partial charge in [-0.05, 0) is 25.7 Å². The van der Waals surface area contributed by atoms with Crippen LogP contribution in [-0.2, 0) is 4.79 Å². The zero-order chi connectivity index (χ0) is 14.3. The van der Waals surface area contributed by atoms with Crippen molar-refractivity contribution < 1.29 is 14.7 Å². The first-order valence-corrected chi connectivity index (χ1v) is 8.00. The second-order valence-electron chi connectivity index (χ2n) is 5.18. The Balaban J connectivity index is 2.17. The van der Waals surface area contributed by atoms with Gasteiger partial charge in [0.2, 0.25) is 0 Å². The summed E-state index contributed by atoms with van der Waals surface area (Å²) in [5.74, 6) is 1.58. The van der Waals surface area contributed by atoms with Crippen molar-refractivity contribution in [2.75, 3.05) is 24.6 Å². The largest absolute Gasteiger partial charge is 0.481 e. The van der Waals surface area contributed by atoms with E-state index in [0.717, 1.165) is 24.5 Å². The van der Waals surface area contributed by atoms with E-state index in [1.807, 2.05) is 23.6 Å². The van der Waals surface area contributed by atoms with Gasteiger partial charge < -0.3 is 15.3 Å². The quantitative estimate of drug-likeness (QED) is 0.784. The van der Waals surface area contributed by atoms with Crippen molar-refractivity contribution in [3.05, 3.63) is 0 Å². The molecule has 0 aliphatic carbocycles. The van der Waals surface area contributed by atoms with Gasteiger partial charge >= 0.3 is 12.0 Å². The highest BCUT2D eigenvalue weighted by Crippen LogP contribution is 2.16. The number of carboxylic acids is 1. The molecule has 1 aliphatic heterocycles. The van der Waals surface area contributed by atoms with Crippen LogP contribution in [0.5, 0.6) is 0 Å². The molecule has 0 aromatic heterocycles. The van der Waals surface area contributed by atoms with E-state index in [1.54, 1.807) is 0 Å². The number of carbonyl (C=O) groups excluding carboxylic acids is 1. The van der Waals surface area contributed by atoms with Crippen molar-refractivity contribution in [3.63, 3.8) is 0 Å². The molecule has 1 aliphatic rings. The minimum absolute atomic E-state index is 0.0123. The van der Waals surface area contributed by atoms with Crippen molar-refractivity contribution in [1.29, 1.82) is 0 Å². The number of hydrogen-bond acceptors (Lipinski definition) is 3. The van der Waals surface area contributed by atoms with E-state index in [2.05, 4.69) is 12.2 Å². The van der Waals surface area contributed by atoms with Gasteiger partial charge in [0.15, 0.2) is 0 Å². The van der Waals surface area contributed by atoms with Crippen molar-refractivity contribution in [2.45, 2.75) is 39.2 Å². The molecule has 0 radical (unpaired) electrons. The third-order valence-electron chi connectivity index (χ3n) is 3.39. The Morgan fingerprint density at radius 2 is 2.21 bits per heavy atom. The SMILES string of the molecule is CC(CCNC(=O)N1CCSCC1C)CCC(=O)O. The molecule has 2 amide bonds. The number of carboxylic acid groups (broad SMARTS) is 1. The summed E-state index contributed by atoms with van der Waals surface area (Å²) in [6.45, 7) is 5.53. The Hall–Kier alpha value is -0.910. The van der Waals surface area contributed by atoms with Crippen LogP contribution in [0.4, 0.5) is 4.79 Å². The zero-order valence-corrected chi connectivity index (χ0v) is 12.5. The second kappa shape index (κ2) is 8.30. The Bertz CT molecular complexity index is 312. The van der Waals surface area contributed by atoms with E-state index in [1.165, 1.54) is 0 Å². The zero-order valence-electron chi connectivity index (χ0n) is 11.7. The lowest BCUT2D eigenvalue weighted by molar-refractivity contribution is -0.137. The summed E-state index contributed by atoms with van der Waals surface area (Å²) in [5.41, 5.74) is 0. The maximum absolute atomic E-state index is 12.0. The van der Waals surface area contributed by atoms with Gasteiger partial charge in [0.05, 0.1) is 0 Å². The summed E-state index contributed by atoms with van der Waals surface area (Å²) in [6.07, 6.45) is 1.70. The molecule has 19 heavy (non-hydrogen) atoms. The lowest BCUT2D eigenvalue weighted by atomic mass is 10.0. The number of rotatable bonds is 6. The second-order valence-corrected chi connectivity index (χ2v) is 6.33. The van der Waals surface area contributed by atoms with Gasteiger partial charge in [-0.25, -0.2) is 4.79 Å². The normalized spacial score (nSPS) is 20.9. The monoisotopic (exact) mass is 288 g/mol. The molecule has 1 rings (SSSR count). The summed E-state index contributed by atoms with van der Waals surface area (Å²) in [4.78, 5) is 24.3. The number of hydrogen-bond donors (Lipinski definition) is 2. The number of carbonyl (C=O) groups is 2. The van der Waals surface area contributed by atoms with Crippen LogP contribution in [0.15, 0.2) is 0 Å². The lowest BCUT2D eigenvalue weighted by Gasteiger charge is -2.33. The average Bonchev–Trinajstić information content (AvgIpc) is 2.36. The lowest BCUT2D eigenvalue weighted by Crippen LogP contribution is -2.49. The maximum atomic E-state index is 12.0. The molecular weight excluding hydrogens is 264 g/mol. The van der Waals surface area contributed by atoms with Gasteiger partial charge in [0, 0.05) is 37.1 Å². The predicted molar refractivity (Wildman–Crippen MR) is 77.5 cm³/mol. The topological polar surface area (TPSA) is 69.6 Å². The van der Waals surface area contributed by atoms with Crippen molar-refractivity contribution >= 4 is 23.8 Å². The molecule has 2 atom stereocenters. The number of thioether (sulfide) groups is 1. The first-order chi connectivity index (χ1) is 9.00. The van der Waals surface area contributed by atoms with Gasteiger partial charge in [-0.3, -0.25) is 4.79 Å². The standard InChI is InChI=1S/C13H24N2O3S/c1-10(3-4-12(16)17)5-6-14-13(18)15-7-8-19-9-11(15)2/h10-11H,3-9H2,1-2H3,(H,14,18)(H,16,17). The van der Waals surface area contributed by atoms with Crippen LogP contribution in [-0.4, -0.2) is 52.6 Å². The van der Waals surface area contributed by atoms with Crippen LogP contribution in [0, 0.1) is 5.92 Å². The minimum atomic E-state index is -0.754. The fourth-order valence-corrected chi connectivity index (χ4v) is 3.08. The molecule has 0 spiro atoms. The van der Waals surface area contributed by atoms with Gasteiger partial charge in [-0.15, -0.1) is 0 Å². The Morgan fingerprint density at radius 1 is 1.47 bits per heavy atom. The van der Waals surface area contributed by atoms with E-state index < -0.39 is 5.97 Å². The average molecular weight is 288 g/mol. The third kappa shape index (κ3) is 6.18. The molecule has 0 aromatic rings. The van der Waals surface area contributed by atoms with Crippen LogP contribution in [0.25, 0.3) is 0 Å². The number of urea groups is 1. The van der Waals surface area contributed by atoms with Crippen molar-refractivity contribution in [3.8, 4) is 0 Å². The molecule has 1 fully saturated rings. The summed E-state index contributed by atoms with van der Waals surface area (Å²) >= 11 is 1.88. The molecule has 6 heteroatoms. The highest BCUT2D eigenvalue weighted by molar-refractivity contribution is 7.99. The number of amides is 2. The highest BCUT2D eigenvalue weighted by atomic mass is 32.2. The molecule has 5 nitrogen and oxygen atoms in total. The first-order valence-electron chi connectivity index (χ1n) is 6.84. The van der Waals surface area contributed by atoms with Gasteiger partial charge in [-0.1, -0.05) is 6.92 Å². The van der Waals surface area contributed by atoms with E-state index in [0.29, 0.717) is 24.9 Å². The summed E-state index contributed by atoms with van der Waals surface area (Å²) in [5, 5.41) is 11.5. The van der Waals surface area contributed by atoms with Gasteiger partial charge in [-0.2, -0.15) is 11.8 Å². The van der Waals surface area contributed by atoms with Crippen LogP contribution in [0.3, 0.4) is 0 Å². The number of nitrogens with one attached hydrogen (secondary N) is 1. The molecule has 110 valence electrons. The number of nitrogens with zero attached hydrogens (tertiary/aromatic N) is 1. The van der Waals surface area contributed by atoms with Gasteiger partial charge in [0.1, 0.15) is 0 Å². The first kappa shape index (κ1) is 16.1. The van der Waals surface area contributed by atoms with Crippen molar-refractivity contribution in [2.24, 2.45) is 5.92 Å². The maximum Gasteiger partial charge on any atom is 0.317 e. The highest BCUT2D eigenvalue weighted by Gasteiger charge is 2.23. The van der Waals surface area contributed by atoms with Crippen LogP contribution in [0.1, 0.15) is 33.1 Å². The van der Waals surface area contributed by atoms with Crippen molar-refractivity contribution in [1.82, 2.24) is 10.2 Å². The van der Waals surface area contributed by atoms with E-state index >= 15 is 0 Å². The van der Waals surface area contributed by atoms with Crippen LogP contribution in [0.2, 0.25) is 0 Å². The Kier molecular flexibility index (Phi) is 7.05. The van der Waals surface area contributed by atoms with E-state index in [-0.39, 0.29) is 12.5 Å². The Labute approximate surface area is 119 Å².